The topological polar surface area (TPSA) is 49.9 Å². The Hall–Kier alpha value is -1.88. The number of hydrogen-bond donors (Lipinski definition) is 0. The zero-order chi connectivity index (χ0) is 18.4. The second kappa shape index (κ2) is 9.17. The molecule has 2 saturated heterocycles. The molecule has 2 heterocycles. The maximum atomic E-state index is 12.9. The fourth-order valence-corrected chi connectivity index (χ4v) is 3.92. The number of carbonyl (C=O) groups is 2. The Morgan fingerprint density at radius 3 is 2.50 bits per heavy atom. The van der Waals surface area contributed by atoms with Gasteiger partial charge in [0.2, 0.25) is 11.8 Å². The van der Waals surface area contributed by atoms with E-state index >= 15 is 0 Å². The highest BCUT2D eigenvalue weighted by Gasteiger charge is 2.37. The third-order valence-corrected chi connectivity index (χ3v) is 5.40. The molecule has 1 atom stereocenters. The average Bonchev–Trinajstić information content (AvgIpc) is 3.17. The van der Waals surface area contributed by atoms with Gasteiger partial charge in [-0.15, -0.1) is 0 Å². The van der Waals surface area contributed by atoms with Crippen LogP contribution in [-0.4, -0.2) is 53.4 Å². The molecule has 2 aliphatic heterocycles. The number of nitrogens with zero attached hydrogens (tertiary/aromatic N) is 2. The van der Waals surface area contributed by atoms with Crippen LogP contribution in [0.3, 0.4) is 0 Å². The van der Waals surface area contributed by atoms with E-state index in [0.29, 0.717) is 13.0 Å². The molecule has 0 aliphatic carbocycles. The summed E-state index contributed by atoms with van der Waals surface area (Å²) < 4.78 is 6.01. The highest BCUT2D eigenvalue weighted by atomic mass is 16.5. The minimum atomic E-state index is -0.240. The van der Waals surface area contributed by atoms with Gasteiger partial charge < -0.3 is 14.5 Å². The molecule has 26 heavy (non-hydrogen) atoms. The summed E-state index contributed by atoms with van der Waals surface area (Å²) in [6, 6.07) is 9.95. The molecule has 1 unspecified atom stereocenters. The maximum absolute atomic E-state index is 12.9. The van der Waals surface area contributed by atoms with Gasteiger partial charge in [0.15, 0.2) is 0 Å². The second-order valence-corrected chi connectivity index (χ2v) is 7.32. The zero-order valence-corrected chi connectivity index (χ0v) is 15.7. The van der Waals surface area contributed by atoms with Crippen molar-refractivity contribution in [3.05, 3.63) is 35.9 Å². The number of rotatable bonds is 6. The molecule has 142 valence electrons. The second-order valence-electron chi connectivity index (χ2n) is 7.32. The number of likely N-dealkylation sites (tertiary alicyclic amines) is 2. The van der Waals surface area contributed by atoms with Gasteiger partial charge in [-0.2, -0.15) is 0 Å². The smallest absolute Gasteiger partial charge is 0.245 e. The van der Waals surface area contributed by atoms with Gasteiger partial charge >= 0.3 is 0 Å². The molecular formula is C21H30N2O3. The van der Waals surface area contributed by atoms with Gasteiger partial charge in [-0.1, -0.05) is 37.3 Å². The fourth-order valence-electron chi connectivity index (χ4n) is 3.92. The molecule has 1 aromatic carbocycles. The predicted octanol–water partition coefficient (Wildman–Crippen LogP) is 2.99. The predicted molar refractivity (Wildman–Crippen MR) is 100 cm³/mol. The van der Waals surface area contributed by atoms with Crippen LogP contribution < -0.4 is 0 Å². The molecular weight excluding hydrogens is 328 g/mol. The van der Waals surface area contributed by atoms with Gasteiger partial charge in [0, 0.05) is 26.1 Å². The van der Waals surface area contributed by atoms with E-state index in [1.165, 1.54) is 5.56 Å². The minimum absolute atomic E-state index is 0.129. The van der Waals surface area contributed by atoms with Crippen molar-refractivity contribution in [1.82, 2.24) is 9.80 Å². The molecule has 0 radical (unpaired) electrons. The van der Waals surface area contributed by atoms with E-state index in [-0.39, 0.29) is 24.0 Å². The largest absolute Gasteiger partial charge is 0.373 e. The molecule has 1 aromatic rings. The number of benzene rings is 1. The Kier molecular flexibility index (Phi) is 6.67. The number of hydrogen-bond acceptors (Lipinski definition) is 3. The van der Waals surface area contributed by atoms with Crippen LogP contribution in [0.25, 0.3) is 0 Å². The lowest BCUT2D eigenvalue weighted by Crippen LogP contribution is -2.50. The zero-order valence-electron chi connectivity index (χ0n) is 15.7. The lowest BCUT2D eigenvalue weighted by atomic mass is 10.1. The summed E-state index contributed by atoms with van der Waals surface area (Å²) in [6.07, 6.45) is 5.06. The van der Waals surface area contributed by atoms with Crippen LogP contribution >= 0.6 is 0 Å². The van der Waals surface area contributed by atoms with Crippen LogP contribution in [0.1, 0.15) is 51.0 Å². The third-order valence-electron chi connectivity index (χ3n) is 5.40. The number of carbonyl (C=O) groups excluding carboxylic acids is 2. The summed E-state index contributed by atoms with van der Waals surface area (Å²) in [5.41, 5.74) is 1.18. The summed E-state index contributed by atoms with van der Waals surface area (Å²) in [5, 5.41) is 0. The molecule has 2 aliphatic rings. The van der Waals surface area contributed by atoms with Gasteiger partial charge in [0.05, 0.1) is 12.7 Å². The van der Waals surface area contributed by atoms with Crippen molar-refractivity contribution in [3.63, 3.8) is 0 Å². The summed E-state index contributed by atoms with van der Waals surface area (Å²) >= 11 is 0. The van der Waals surface area contributed by atoms with Crippen LogP contribution in [0.15, 0.2) is 30.3 Å². The Morgan fingerprint density at radius 1 is 1.08 bits per heavy atom. The van der Waals surface area contributed by atoms with Crippen LogP contribution in [0.2, 0.25) is 0 Å². The fraction of sp³-hybridized carbons (Fsp3) is 0.619. The Bertz CT molecular complexity index is 597. The highest BCUT2D eigenvalue weighted by molar-refractivity contribution is 5.88. The van der Waals surface area contributed by atoms with Gasteiger partial charge in [-0.25, -0.2) is 0 Å². The van der Waals surface area contributed by atoms with E-state index in [1.54, 1.807) is 0 Å². The van der Waals surface area contributed by atoms with E-state index in [4.69, 9.17) is 4.74 Å². The Labute approximate surface area is 156 Å². The van der Waals surface area contributed by atoms with Crippen molar-refractivity contribution in [2.24, 2.45) is 0 Å². The monoisotopic (exact) mass is 358 g/mol. The van der Waals surface area contributed by atoms with E-state index in [1.807, 2.05) is 34.9 Å². The lowest BCUT2D eigenvalue weighted by Gasteiger charge is -2.35. The third kappa shape index (κ3) is 4.64. The summed E-state index contributed by atoms with van der Waals surface area (Å²) in [4.78, 5) is 28.9. The van der Waals surface area contributed by atoms with Gasteiger partial charge in [0.25, 0.3) is 0 Å². The standard InChI is InChI=1S/C21H30N2O3/c1-2-7-20(24)23-13-6-10-19(23)21(25)22-14-11-18(12-15-22)26-16-17-8-4-3-5-9-17/h3-5,8-9,18-19H,2,6-7,10-16H2,1H3. The lowest BCUT2D eigenvalue weighted by molar-refractivity contribution is -0.145. The van der Waals surface area contributed by atoms with Gasteiger partial charge in [-0.3, -0.25) is 9.59 Å². The Balaban J connectivity index is 1.46. The Morgan fingerprint density at radius 2 is 1.81 bits per heavy atom. The molecule has 0 spiro atoms. The van der Waals surface area contributed by atoms with Crippen molar-refractivity contribution < 1.29 is 14.3 Å². The van der Waals surface area contributed by atoms with E-state index < -0.39 is 0 Å². The van der Waals surface area contributed by atoms with Crippen LogP contribution in [0, 0.1) is 0 Å². The molecule has 3 rings (SSSR count). The molecule has 0 saturated carbocycles. The number of ether oxygens (including phenoxy) is 1. The van der Waals surface area contributed by atoms with Crippen molar-refractivity contribution >= 4 is 11.8 Å². The van der Waals surface area contributed by atoms with Gasteiger partial charge in [0.1, 0.15) is 6.04 Å². The van der Waals surface area contributed by atoms with E-state index in [2.05, 4.69) is 12.1 Å². The minimum Gasteiger partial charge on any atom is -0.373 e. The maximum Gasteiger partial charge on any atom is 0.245 e. The summed E-state index contributed by atoms with van der Waals surface area (Å²) in [5.74, 6) is 0.262. The van der Waals surface area contributed by atoms with Gasteiger partial charge in [-0.05, 0) is 37.7 Å². The van der Waals surface area contributed by atoms with E-state index in [9.17, 15) is 9.59 Å². The molecule has 0 bridgehead atoms. The number of amides is 2. The van der Waals surface area contributed by atoms with E-state index in [0.717, 1.165) is 51.7 Å². The first-order chi connectivity index (χ1) is 12.7. The number of piperidine rings is 1. The summed E-state index contributed by atoms with van der Waals surface area (Å²) in [7, 11) is 0. The van der Waals surface area contributed by atoms with Crippen LogP contribution in [-0.2, 0) is 20.9 Å². The first kappa shape index (κ1) is 18.9. The van der Waals surface area contributed by atoms with Crippen molar-refractivity contribution in [1.29, 1.82) is 0 Å². The van der Waals surface area contributed by atoms with Crippen molar-refractivity contribution in [2.45, 2.75) is 64.2 Å². The molecule has 0 aromatic heterocycles. The van der Waals surface area contributed by atoms with Crippen LogP contribution in [0.5, 0.6) is 0 Å². The highest BCUT2D eigenvalue weighted by Crippen LogP contribution is 2.23. The van der Waals surface area contributed by atoms with Crippen molar-refractivity contribution in [3.8, 4) is 0 Å². The molecule has 5 heteroatoms. The first-order valence-corrected chi connectivity index (χ1v) is 9.93. The SMILES string of the molecule is CCCC(=O)N1CCCC1C(=O)N1CCC(OCc2ccccc2)CC1. The van der Waals surface area contributed by atoms with Crippen LogP contribution in [0.4, 0.5) is 0 Å². The quantitative estimate of drug-likeness (QED) is 0.785. The average molecular weight is 358 g/mol. The normalized spacial score (nSPS) is 21.2. The molecule has 2 amide bonds. The first-order valence-electron chi connectivity index (χ1n) is 9.93. The molecule has 2 fully saturated rings. The molecule has 0 N–H and O–H groups in total. The summed E-state index contributed by atoms with van der Waals surface area (Å²) in [6.45, 7) is 4.81. The van der Waals surface area contributed by atoms with Crippen molar-refractivity contribution in [2.75, 3.05) is 19.6 Å². The molecule has 5 nitrogen and oxygen atoms in total.